The number of nitrogens with two attached hydrogens (primary N) is 1. The molecule has 80 valence electrons. The molecule has 0 unspecified atom stereocenters. The lowest BCUT2D eigenvalue weighted by atomic mass is 10.2. The fourth-order valence-corrected chi connectivity index (χ4v) is 1.55. The number of nitriles is 1. The van der Waals surface area contributed by atoms with Gasteiger partial charge in [-0.05, 0) is 25.1 Å². The molecule has 0 amide bonds. The quantitative estimate of drug-likeness (QED) is 0.820. The summed E-state index contributed by atoms with van der Waals surface area (Å²) in [4.78, 5) is 0. The molecule has 2 rings (SSSR count). The minimum absolute atomic E-state index is 0.384. The van der Waals surface area contributed by atoms with Crippen LogP contribution in [-0.4, -0.2) is 9.78 Å². The van der Waals surface area contributed by atoms with Crippen LogP contribution < -0.4 is 5.73 Å². The van der Waals surface area contributed by atoms with Crippen LogP contribution in [0.5, 0.6) is 0 Å². The van der Waals surface area contributed by atoms with E-state index in [4.69, 9.17) is 22.6 Å². The van der Waals surface area contributed by atoms with E-state index in [0.717, 1.165) is 5.69 Å². The Morgan fingerprint density at radius 1 is 1.50 bits per heavy atom. The van der Waals surface area contributed by atoms with Crippen molar-refractivity contribution in [2.24, 2.45) is 0 Å². The van der Waals surface area contributed by atoms with Gasteiger partial charge in [0.2, 0.25) is 0 Å². The van der Waals surface area contributed by atoms with E-state index in [0.29, 0.717) is 22.1 Å². The van der Waals surface area contributed by atoms with Crippen LogP contribution in [0, 0.1) is 18.3 Å². The molecule has 0 atom stereocenters. The number of hydrogen-bond acceptors (Lipinski definition) is 3. The van der Waals surface area contributed by atoms with Gasteiger partial charge >= 0.3 is 0 Å². The molecule has 1 aromatic heterocycles. The summed E-state index contributed by atoms with van der Waals surface area (Å²) in [5.74, 6) is 0.384. The summed E-state index contributed by atoms with van der Waals surface area (Å²) in [5, 5.41) is 13.5. The number of rotatable bonds is 1. The van der Waals surface area contributed by atoms with Crippen LogP contribution in [0.3, 0.4) is 0 Å². The fraction of sp³-hybridized carbons (Fsp3) is 0.0909. The first-order valence-electron chi connectivity index (χ1n) is 4.64. The molecule has 0 aliphatic heterocycles. The highest BCUT2D eigenvalue weighted by atomic mass is 35.5. The third kappa shape index (κ3) is 1.62. The third-order valence-corrected chi connectivity index (χ3v) is 2.71. The molecule has 0 fully saturated rings. The van der Waals surface area contributed by atoms with Crippen molar-refractivity contribution >= 4 is 17.4 Å². The Kier molecular flexibility index (Phi) is 2.55. The zero-order valence-electron chi connectivity index (χ0n) is 8.61. The van der Waals surface area contributed by atoms with Gasteiger partial charge in [-0.1, -0.05) is 17.7 Å². The molecular formula is C11H9ClN4. The average Bonchev–Trinajstić information content (AvgIpc) is 2.57. The van der Waals surface area contributed by atoms with Crippen molar-refractivity contribution in [3.63, 3.8) is 0 Å². The van der Waals surface area contributed by atoms with Gasteiger partial charge in [0.1, 0.15) is 10.8 Å². The first-order chi connectivity index (χ1) is 7.63. The van der Waals surface area contributed by atoms with Crippen molar-refractivity contribution in [3.8, 4) is 11.8 Å². The highest BCUT2D eigenvalue weighted by Crippen LogP contribution is 2.25. The molecule has 0 saturated heterocycles. The largest absolute Gasteiger partial charge is 0.382 e. The number of anilines is 1. The lowest BCUT2D eigenvalue weighted by Crippen LogP contribution is -2.02. The number of nitrogens with zero attached hydrogens (tertiary/aromatic N) is 3. The van der Waals surface area contributed by atoms with Gasteiger partial charge in [0.05, 0.1) is 23.0 Å². The van der Waals surface area contributed by atoms with Crippen LogP contribution in [0.15, 0.2) is 24.3 Å². The first-order valence-corrected chi connectivity index (χ1v) is 5.02. The smallest absolute Gasteiger partial charge is 0.146 e. The Morgan fingerprint density at radius 2 is 2.25 bits per heavy atom. The second-order valence-corrected chi connectivity index (χ2v) is 3.74. The van der Waals surface area contributed by atoms with E-state index in [1.54, 1.807) is 25.1 Å². The van der Waals surface area contributed by atoms with Gasteiger partial charge < -0.3 is 5.73 Å². The summed E-state index contributed by atoms with van der Waals surface area (Å²) < 4.78 is 1.53. The summed E-state index contributed by atoms with van der Waals surface area (Å²) in [6.07, 6.45) is 0. The van der Waals surface area contributed by atoms with E-state index in [2.05, 4.69) is 11.2 Å². The van der Waals surface area contributed by atoms with Crippen molar-refractivity contribution < 1.29 is 0 Å². The summed E-state index contributed by atoms with van der Waals surface area (Å²) >= 11 is 5.95. The molecule has 0 spiro atoms. The minimum atomic E-state index is 0.384. The van der Waals surface area contributed by atoms with Gasteiger partial charge in [-0.25, -0.2) is 4.68 Å². The number of aryl methyl sites for hydroxylation is 1. The van der Waals surface area contributed by atoms with E-state index >= 15 is 0 Å². The molecule has 5 heteroatoms. The van der Waals surface area contributed by atoms with Crippen molar-refractivity contribution in [2.45, 2.75) is 6.92 Å². The van der Waals surface area contributed by atoms with E-state index < -0.39 is 0 Å². The zero-order valence-corrected chi connectivity index (χ0v) is 9.36. The number of hydrogen-bond donors (Lipinski definition) is 1. The van der Waals surface area contributed by atoms with Gasteiger partial charge in [0.25, 0.3) is 0 Å². The Balaban J connectivity index is 2.59. The molecule has 0 aliphatic rings. The Hall–Kier alpha value is -1.99. The van der Waals surface area contributed by atoms with Crippen LogP contribution in [0.4, 0.5) is 5.82 Å². The molecule has 1 heterocycles. The maximum Gasteiger partial charge on any atom is 0.146 e. The molecule has 4 nitrogen and oxygen atoms in total. The summed E-state index contributed by atoms with van der Waals surface area (Å²) in [6, 6.07) is 9.09. The fourth-order valence-electron chi connectivity index (χ4n) is 1.43. The molecule has 0 bridgehead atoms. The molecule has 16 heavy (non-hydrogen) atoms. The molecule has 2 aromatic rings. The Morgan fingerprint density at radius 3 is 2.81 bits per heavy atom. The van der Waals surface area contributed by atoms with Crippen molar-refractivity contribution in [2.75, 3.05) is 5.73 Å². The first kappa shape index (κ1) is 10.5. The standard InChI is InChI=1S/C11H9ClN4/c1-7-10(12)11(14)16(15-7)9-4-2-3-8(5-9)6-13/h2-5H,14H2,1H3. The van der Waals surface area contributed by atoms with Crippen LogP contribution in [-0.2, 0) is 0 Å². The normalized spacial score (nSPS) is 10.1. The van der Waals surface area contributed by atoms with Crippen molar-refractivity contribution in [3.05, 3.63) is 40.5 Å². The summed E-state index contributed by atoms with van der Waals surface area (Å²) in [6.45, 7) is 1.78. The van der Waals surface area contributed by atoms with Gasteiger partial charge in [-0.2, -0.15) is 10.4 Å². The average molecular weight is 233 g/mol. The molecule has 0 saturated carbocycles. The number of benzene rings is 1. The highest BCUT2D eigenvalue weighted by molar-refractivity contribution is 6.33. The third-order valence-electron chi connectivity index (χ3n) is 2.24. The highest BCUT2D eigenvalue weighted by Gasteiger charge is 2.11. The van der Waals surface area contributed by atoms with E-state index in [-0.39, 0.29) is 0 Å². The number of aromatic nitrogens is 2. The molecule has 1 aromatic carbocycles. The lowest BCUT2D eigenvalue weighted by molar-refractivity contribution is 0.871. The maximum absolute atomic E-state index is 8.80. The predicted octanol–water partition coefficient (Wildman–Crippen LogP) is 2.29. The SMILES string of the molecule is Cc1nn(-c2cccc(C#N)c2)c(N)c1Cl. The van der Waals surface area contributed by atoms with Crippen LogP contribution in [0.25, 0.3) is 5.69 Å². The van der Waals surface area contributed by atoms with Crippen LogP contribution >= 0.6 is 11.6 Å². The van der Waals surface area contributed by atoms with Gasteiger partial charge in [-0.3, -0.25) is 0 Å². The summed E-state index contributed by atoms with van der Waals surface area (Å²) in [7, 11) is 0. The second-order valence-electron chi connectivity index (χ2n) is 3.36. The molecule has 0 aliphatic carbocycles. The monoisotopic (exact) mass is 232 g/mol. The zero-order chi connectivity index (χ0) is 11.7. The van der Waals surface area contributed by atoms with E-state index in [9.17, 15) is 0 Å². The lowest BCUT2D eigenvalue weighted by Gasteiger charge is -2.03. The maximum atomic E-state index is 8.80. The molecule has 0 radical (unpaired) electrons. The number of nitrogen functional groups attached to an aromatic ring is 1. The predicted molar refractivity (Wildman–Crippen MR) is 62.4 cm³/mol. The topological polar surface area (TPSA) is 67.6 Å². The van der Waals surface area contributed by atoms with Crippen molar-refractivity contribution in [1.82, 2.24) is 9.78 Å². The molecule has 2 N–H and O–H groups in total. The van der Waals surface area contributed by atoms with Crippen LogP contribution in [0.1, 0.15) is 11.3 Å². The Bertz CT molecular complexity index is 580. The second kappa shape index (κ2) is 3.87. The molecular weight excluding hydrogens is 224 g/mol. The number of halogens is 1. The van der Waals surface area contributed by atoms with Crippen molar-refractivity contribution in [1.29, 1.82) is 5.26 Å². The van der Waals surface area contributed by atoms with Crippen LogP contribution in [0.2, 0.25) is 5.02 Å². The van der Waals surface area contributed by atoms with Gasteiger partial charge in [0.15, 0.2) is 0 Å². The minimum Gasteiger partial charge on any atom is -0.382 e. The van der Waals surface area contributed by atoms with E-state index in [1.807, 2.05) is 6.07 Å². The summed E-state index contributed by atoms with van der Waals surface area (Å²) in [5.41, 5.74) is 7.77. The van der Waals surface area contributed by atoms with Gasteiger partial charge in [-0.15, -0.1) is 0 Å². The van der Waals surface area contributed by atoms with Gasteiger partial charge in [0, 0.05) is 0 Å². The van der Waals surface area contributed by atoms with E-state index in [1.165, 1.54) is 4.68 Å². The Labute approximate surface area is 97.9 Å².